The van der Waals surface area contributed by atoms with Gasteiger partial charge in [0.2, 0.25) is 10.0 Å². The molecule has 1 atom stereocenters. The Labute approximate surface area is 130 Å². The highest BCUT2D eigenvalue weighted by Crippen LogP contribution is 2.21. The molecule has 0 amide bonds. The molecule has 0 radical (unpaired) electrons. The number of sulfonamides is 1. The third kappa shape index (κ3) is 4.93. The maximum absolute atomic E-state index is 12.4. The zero-order valence-corrected chi connectivity index (χ0v) is 14.3. The lowest BCUT2D eigenvalue weighted by atomic mass is 10.2. The number of thioether (sulfide) groups is 1. The summed E-state index contributed by atoms with van der Waals surface area (Å²) in [7, 11) is -1.71. The van der Waals surface area contributed by atoms with Gasteiger partial charge in [-0.05, 0) is 43.5 Å². The van der Waals surface area contributed by atoms with Gasteiger partial charge in [0.05, 0.1) is 4.90 Å². The predicted molar refractivity (Wildman–Crippen MR) is 87.0 cm³/mol. The molecule has 1 aromatic rings. The maximum Gasteiger partial charge on any atom is 0.240 e. The summed E-state index contributed by atoms with van der Waals surface area (Å²) in [6.07, 6.45) is 2.72. The van der Waals surface area contributed by atoms with Crippen LogP contribution in [0.4, 0.5) is 0 Å². The van der Waals surface area contributed by atoms with Crippen molar-refractivity contribution < 1.29 is 8.42 Å². The van der Waals surface area contributed by atoms with Crippen molar-refractivity contribution in [3.8, 4) is 0 Å². The predicted octanol–water partition coefficient (Wildman–Crippen LogP) is 2.48. The first-order valence-electron chi connectivity index (χ1n) is 6.38. The smallest absolute Gasteiger partial charge is 0.240 e. The Hall–Kier alpha value is -0.270. The molecule has 7 heteroatoms. The molecule has 0 fully saturated rings. The van der Waals surface area contributed by atoms with Gasteiger partial charge < -0.3 is 5.32 Å². The van der Waals surface area contributed by atoms with E-state index >= 15 is 0 Å². The van der Waals surface area contributed by atoms with Crippen LogP contribution in [0.25, 0.3) is 0 Å². The number of halogens is 1. The average molecular weight is 337 g/mol. The molecule has 0 aliphatic carbocycles. The number of nitrogens with one attached hydrogen (secondary N) is 2. The van der Waals surface area contributed by atoms with E-state index in [1.54, 1.807) is 30.9 Å². The van der Waals surface area contributed by atoms with Gasteiger partial charge in [-0.3, -0.25) is 0 Å². The number of hydrogen-bond acceptors (Lipinski definition) is 4. The molecular weight excluding hydrogens is 316 g/mol. The van der Waals surface area contributed by atoms with Crippen LogP contribution in [-0.2, 0) is 16.6 Å². The summed E-state index contributed by atoms with van der Waals surface area (Å²) in [6.45, 7) is 2.50. The summed E-state index contributed by atoms with van der Waals surface area (Å²) in [5.74, 6) is 0.757. The lowest BCUT2D eigenvalue weighted by Crippen LogP contribution is -2.36. The molecule has 4 nitrogen and oxygen atoms in total. The Kier molecular flexibility index (Phi) is 7.33. The molecule has 0 bridgehead atoms. The highest BCUT2D eigenvalue weighted by Gasteiger charge is 2.19. The molecule has 0 aliphatic heterocycles. The fourth-order valence-corrected chi connectivity index (χ4v) is 4.15. The summed E-state index contributed by atoms with van der Waals surface area (Å²) < 4.78 is 27.5. The van der Waals surface area contributed by atoms with E-state index in [1.165, 1.54) is 6.07 Å². The van der Waals surface area contributed by atoms with E-state index < -0.39 is 10.0 Å². The largest absolute Gasteiger partial charge is 0.316 e. The summed E-state index contributed by atoms with van der Waals surface area (Å²) >= 11 is 7.68. The van der Waals surface area contributed by atoms with Gasteiger partial charge in [-0.1, -0.05) is 18.5 Å². The van der Waals surface area contributed by atoms with Crippen LogP contribution >= 0.6 is 23.4 Å². The average Bonchev–Trinajstić information content (AvgIpc) is 2.40. The molecule has 0 saturated carbocycles. The van der Waals surface area contributed by atoms with Gasteiger partial charge in [-0.15, -0.1) is 0 Å². The maximum atomic E-state index is 12.4. The van der Waals surface area contributed by atoms with Gasteiger partial charge in [-0.25, -0.2) is 13.1 Å². The highest BCUT2D eigenvalue weighted by molar-refractivity contribution is 7.98. The summed E-state index contributed by atoms with van der Waals surface area (Å²) in [5, 5.41) is 3.54. The van der Waals surface area contributed by atoms with Gasteiger partial charge >= 0.3 is 0 Å². The molecule has 0 heterocycles. The van der Waals surface area contributed by atoms with Crippen LogP contribution in [0.15, 0.2) is 23.1 Å². The summed E-state index contributed by atoms with van der Waals surface area (Å²) in [6, 6.07) is 4.72. The first-order chi connectivity index (χ1) is 9.44. The zero-order valence-electron chi connectivity index (χ0n) is 11.9. The van der Waals surface area contributed by atoms with E-state index in [1.807, 2.05) is 13.2 Å². The van der Waals surface area contributed by atoms with E-state index in [0.29, 0.717) is 11.6 Å². The third-order valence-corrected chi connectivity index (χ3v) is 5.50. The SMILES string of the molecule is CCC(CSC)NS(=O)(=O)c1ccc(Cl)c(CNC)c1. The quantitative estimate of drug-likeness (QED) is 0.765. The van der Waals surface area contributed by atoms with Crippen molar-refractivity contribution in [1.82, 2.24) is 10.0 Å². The monoisotopic (exact) mass is 336 g/mol. The van der Waals surface area contributed by atoms with Crippen LogP contribution in [0, 0.1) is 0 Å². The topological polar surface area (TPSA) is 58.2 Å². The molecule has 114 valence electrons. The van der Waals surface area contributed by atoms with Crippen molar-refractivity contribution in [3.05, 3.63) is 28.8 Å². The third-order valence-electron chi connectivity index (χ3n) is 2.88. The van der Waals surface area contributed by atoms with Crippen LogP contribution in [-0.4, -0.2) is 33.5 Å². The van der Waals surface area contributed by atoms with Crippen molar-refractivity contribution in [2.75, 3.05) is 19.1 Å². The van der Waals surface area contributed by atoms with Crippen molar-refractivity contribution >= 4 is 33.4 Å². The minimum atomic E-state index is -3.50. The molecular formula is C13H21ClN2O2S2. The summed E-state index contributed by atoms with van der Waals surface area (Å²) in [4.78, 5) is 0.256. The molecule has 1 rings (SSSR count). The highest BCUT2D eigenvalue weighted by atomic mass is 35.5. The molecule has 0 spiro atoms. The van der Waals surface area contributed by atoms with E-state index in [2.05, 4.69) is 10.0 Å². The fourth-order valence-electron chi connectivity index (χ4n) is 1.77. The minimum Gasteiger partial charge on any atom is -0.316 e. The lowest BCUT2D eigenvalue weighted by Gasteiger charge is -2.16. The fraction of sp³-hybridized carbons (Fsp3) is 0.538. The molecule has 0 aliphatic rings. The Morgan fingerprint density at radius 2 is 2.10 bits per heavy atom. The van der Waals surface area contributed by atoms with Gasteiger partial charge in [0.15, 0.2) is 0 Å². The van der Waals surface area contributed by atoms with Crippen molar-refractivity contribution in [3.63, 3.8) is 0 Å². The Balaban J connectivity index is 3.00. The van der Waals surface area contributed by atoms with Gasteiger partial charge in [-0.2, -0.15) is 11.8 Å². The van der Waals surface area contributed by atoms with Crippen LogP contribution in [0.2, 0.25) is 5.02 Å². The van der Waals surface area contributed by atoms with Crippen molar-refractivity contribution in [1.29, 1.82) is 0 Å². The number of rotatable bonds is 8. The Morgan fingerprint density at radius 1 is 1.40 bits per heavy atom. The van der Waals surface area contributed by atoms with E-state index in [0.717, 1.165) is 17.7 Å². The second-order valence-electron chi connectivity index (χ2n) is 4.47. The summed E-state index contributed by atoms with van der Waals surface area (Å²) in [5.41, 5.74) is 0.773. The molecule has 2 N–H and O–H groups in total. The standard InChI is InChI=1S/C13H21ClN2O2S2/c1-4-11(9-19-3)16-20(17,18)12-5-6-13(14)10(7-12)8-15-2/h5-7,11,15-16H,4,8-9H2,1-3H3. The Morgan fingerprint density at radius 3 is 2.65 bits per heavy atom. The first kappa shape index (κ1) is 17.8. The van der Waals surface area contributed by atoms with Gasteiger partial charge in [0.1, 0.15) is 0 Å². The minimum absolute atomic E-state index is 0.0570. The molecule has 20 heavy (non-hydrogen) atoms. The number of hydrogen-bond donors (Lipinski definition) is 2. The lowest BCUT2D eigenvalue weighted by molar-refractivity contribution is 0.558. The molecule has 1 unspecified atom stereocenters. The van der Waals surface area contributed by atoms with Gasteiger partial charge in [0.25, 0.3) is 0 Å². The normalized spacial score (nSPS) is 13.4. The second-order valence-corrected chi connectivity index (χ2v) is 7.50. The van der Waals surface area contributed by atoms with Crippen LogP contribution < -0.4 is 10.0 Å². The van der Waals surface area contributed by atoms with Crippen LogP contribution in [0.3, 0.4) is 0 Å². The Bertz CT molecular complexity index is 535. The van der Waals surface area contributed by atoms with E-state index in [4.69, 9.17) is 11.6 Å². The molecule has 1 aromatic carbocycles. The zero-order chi connectivity index (χ0) is 15.2. The van der Waals surface area contributed by atoms with E-state index in [-0.39, 0.29) is 10.9 Å². The first-order valence-corrected chi connectivity index (χ1v) is 9.64. The second kappa shape index (κ2) is 8.24. The van der Waals surface area contributed by atoms with Crippen molar-refractivity contribution in [2.24, 2.45) is 0 Å². The van der Waals surface area contributed by atoms with Crippen LogP contribution in [0.5, 0.6) is 0 Å². The van der Waals surface area contributed by atoms with Gasteiger partial charge in [0, 0.05) is 23.4 Å². The molecule has 0 saturated heterocycles. The van der Waals surface area contributed by atoms with E-state index in [9.17, 15) is 8.42 Å². The number of benzene rings is 1. The van der Waals surface area contributed by atoms with Crippen LogP contribution in [0.1, 0.15) is 18.9 Å². The molecule has 0 aromatic heterocycles. The van der Waals surface area contributed by atoms with Crippen molar-refractivity contribution in [2.45, 2.75) is 30.8 Å².